The van der Waals surface area contributed by atoms with Gasteiger partial charge in [0.05, 0.1) is 16.8 Å². The summed E-state index contributed by atoms with van der Waals surface area (Å²) in [6.45, 7) is 2.53. The molecule has 1 aliphatic heterocycles. The van der Waals surface area contributed by atoms with Crippen LogP contribution in [0, 0.1) is 10.1 Å². The van der Waals surface area contributed by atoms with Gasteiger partial charge >= 0.3 is 6.03 Å². The normalized spacial score (nSPS) is 14.3. The summed E-state index contributed by atoms with van der Waals surface area (Å²) in [6, 6.07) is 9.88. The summed E-state index contributed by atoms with van der Waals surface area (Å²) in [5, 5.41) is 13.5. The molecule has 1 aliphatic rings. The van der Waals surface area contributed by atoms with Gasteiger partial charge in [-0.05, 0) is 24.3 Å². The number of benzene rings is 1. The number of rotatable bonds is 3. The molecule has 2 aromatic rings. The molecule has 1 aromatic carbocycles. The van der Waals surface area contributed by atoms with Crippen LogP contribution in [0.25, 0.3) is 0 Å². The van der Waals surface area contributed by atoms with Gasteiger partial charge in [0.15, 0.2) is 0 Å². The number of carbonyl (C=O) groups is 1. The van der Waals surface area contributed by atoms with Gasteiger partial charge in [-0.25, -0.2) is 4.79 Å². The number of urea groups is 1. The Morgan fingerprint density at radius 2 is 1.83 bits per heavy atom. The molecule has 0 bridgehead atoms. The molecular formula is C16H17N5O3. The first-order chi connectivity index (χ1) is 11.6. The van der Waals surface area contributed by atoms with Crippen LogP contribution in [0.1, 0.15) is 0 Å². The lowest BCUT2D eigenvalue weighted by atomic mass is 10.2. The first-order valence-corrected chi connectivity index (χ1v) is 7.59. The molecule has 1 fully saturated rings. The minimum atomic E-state index is -0.412. The fourth-order valence-corrected chi connectivity index (χ4v) is 2.59. The average Bonchev–Trinajstić information content (AvgIpc) is 2.63. The molecule has 0 radical (unpaired) electrons. The van der Waals surface area contributed by atoms with Crippen LogP contribution < -0.4 is 10.2 Å². The van der Waals surface area contributed by atoms with Crippen molar-refractivity contribution >= 4 is 23.1 Å². The predicted molar refractivity (Wildman–Crippen MR) is 90.1 cm³/mol. The highest BCUT2D eigenvalue weighted by atomic mass is 16.6. The molecule has 3 rings (SSSR count). The number of hydrogen-bond donors (Lipinski definition) is 1. The maximum absolute atomic E-state index is 12.2. The number of hydrogen-bond acceptors (Lipinski definition) is 5. The maximum Gasteiger partial charge on any atom is 0.322 e. The fraction of sp³-hybridized carbons (Fsp3) is 0.250. The van der Waals surface area contributed by atoms with E-state index >= 15 is 0 Å². The monoisotopic (exact) mass is 327 g/mol. The average molecular weight is 327 g/mol. The molecule has 0 unspecified atom stereocenters. The second-order valence-electron chi connectivity index (χ2n) is 5.42. The van der Waals surface area contributed by atoms with Crippen molar-refractivity contribution in [2.75, 3.05) is 36.4 Å². The smallest absolute Gasteiger partial charge is 0.322 e. The molecule has 0 aliphatic carbocycles. The molecule has 0 atom stereocenters. The van der Waals surface area contributed by atoms with Crippen LogP contribution in [-0.4, -0.2) is 47.0 Å². The van der Waals surface area contributed by atoms with E-state index in [1.165, 1.54) is 12.1 Å². The molecule has 0 spiro atoms. The van der Waals surface area contributed by atoms with Crippen molar-refractivity contribution in [3.63, 3.8) is 0 Å². The third-order valence-electron chi connectivity index (χ3n) is 3.91. The topological polar surface area (TPSA) is 91.6 Å². The van der Waals surface area contributed by atoms with E-state index in [2.05, 4.69) is 15.2 Å². The largest absolute Gasteiger partial charge is 0.368 e. The van der Waals surface area contributed by atoms with E-state index in [0.717, 1.165) is 5.69 Å². The fourth-order valence-electron chi connectivity index (χ4n) is 2.59. The zero-order chi connectivity index (χ0) is 16.9. The minimum Gasteiger partial charge on any atom is -0.368 e. The van der Waals surface area contributed by atoms with E-state index in [9.17, 15) is 14.9 Å². The number of anilines is 2. The number of nitro groups is 1. The third kappa shape index (κ3) is 3.60. The molecule has 2 heterocycles. The van der Waals surface area contributed by atoms with Crippen molar-refractivity contribution in [3.8, 4) is 0 Å². The second kappa shape index (κ2) is 6.95. The standard InChI is InChI=1S/C16H17N5O3/c22-16(18-13-2-1-7-17-12-13)20-10-8-19(9-11-20)14-3-5-15(6-4-14)21(23)24/h1-7,12H,8-11H2,(H,18,22). The summed E-state index contributed by atoms with van der Waals surface area (Å²) >= 11 is 0. The number of non-ortho nitro benzene ring substituents is 1. The van der Waals surface area contributed by atoms with E-state index in [1.807, 2.05) is 0 Å². The Morgan fingerprint density at radius 1 is 1.12 bits per heavy atom. The SMILES string of the molecule is O=C(Nc1cccnc1)N1CCN(c2ccc([N+](=O)[O-])cc2)CC1. The lowest BCUT2D eigenvalue weighted by Crippen LogP contribution is -2.50. The number of nitrogens with zero attached hydrogens (tertiary/aromatic N) is 4. The molecular weight excluding hydrogens is 310 g/mol. The van der Waals surface area contributed by atoms with E-state index in [-0.39, 0.29) is 11.7 Å². The Hall–Kier alpha value is -3.16. The molecule has 8 heteroatoms. The van der Waals surface area contributed by atoms with E-state index in [0.29, 0.717) is 31.9 Å². The minimum absolute atomic E-state index is 0.0771. The third-order valence-corrected chi connectivity index (χ3v) is 3.91. The highest BCUT2D eigenvalue weighted by molar-refractivity contribution is 5.89. The van der Waals surface area contributed by atoms with Crippen molar-refractivity contribution in [1.29, 1.82) is 0 Å². The summed E-state index contributed by atoms with van der Waals surface area (Å²) < 4.78 is 0. The Morgan fingerprint density at radius 3 is 2.42 bits per heavy atom. The lowest BCUT2D eigenvalue weighted by Gasteiger charge is -2.36. The van der Waals surface area contributed by atoms with Gasteiger partial charge in [-0.3, -0.25) is 15.1 Å². The van der Waals surface area contributed by atoms with Gasteiger partial charge < -0.3 is 15.1 Å². The van der Waals surface area contributed by atoms with E-state index < -0.39 is 4.92 Å². The molecule has 2 amide bonds. The number of amides is 2. The second-order valence-corrected chi connectivity index (χ2v) is 5.42. The van der Waals surface area contributed by atoms with Crippen LogP contribution >= 0.6 is 0 Å². The van der Waals surface area contributed by atoms with Crippen LogP contribution in [0.3, 0.4) is 0 Å². The number of nitrogens with one attached hydrogen (secondary N) is 1. The first-order valence-electron chi connectivity index (χ1n) is 7.59. The van der Waals surface area contributed by atoms with Crippen LogP contribution in [0.4, 0.5) is 21.9 Å². The highest BCUT2D eigenvalue weighted by Crippen LogP contribution is 2.20. The summed E-state index contributed by atoms with van der Waals surface area (Å²) in [5.41, 5.74) is 1.67. The molecule has 124 valence electrons. The van der Waals surface area contributed by atoms with Crippen LogP contribution in [0.15, 0.2) is 48.8 Å². The van der Waals surface area contributed by atoms with Gasteiger partial charge in [0.25, 0.3) is 5.69 Å². The summed E-state index contributed by atoms with van der Waals surface area (Å²) in [7, 11) is 0. The summed E-state index contributed by atoms with van der Waals surface area (Å²) in [5.74, 6) is 0. The van der Waals surface area contributed by atoms with Gasteiger partial charge in [-0.15, -0.1) is 0 Å². The van der Waals surface area contributed by atoms with Gasteiger partial charge in [0, 0.05) is 50.2 Å². The molecule has 0 saturated carbocycles. The highest BCUT2D eigenvalue weighted by Gasteiger charge is 2.21. The Bertz CT molecular complexity index is 712. The van der Waals surface area contributed by atoms with Crippen molar-refractivity contribution in [3.05, 3.63) is 58.9 Å². The van der Waals surface area contributed by atoms with E-state index in [1.54, 1.807) is 41.6 Å². The Kier molecular flexibility index (Phi) is 4.55. The lowest BCUT2D eigenvalue weighted by molar-refractivity contribution is -0.384. The van der Waals surface area contributed by atoms with Crippen molar-refractivity contribution < 1.29 is 9.72 Å². The predicted octanol–water partition coefficient (Wildman–Crippen LogP) is 2.34. The van der Waals surface area contributed by atoms with Crippen LogP contribution in [0.5, 0.6) is 0 Å². The quantitative estimate of drug-likeness (QED) is 0.690. The maximum atomic E-state index is 12.2. The number of carbonyl (C=O) groups excluding carboxylic acids is 1. The number of nitro benzene ring substituents is 1. The van der Waals surface area contributed by atoms with Gasteiger partial charge in [0.1, 0.15) is 0 Å². The first kappa shape index (κ1) is 15.7. The molecule has 24 heavy (non-hydrogen) atoms. The zero-order valence-electron chi connectivity index (χ0n) is 13.0. The Balaban J connectivity index is 1.55. The van der Waals surface area contributed by atoms with Crippen molar-refractivity contribution in [2.45, 2.75) is 0 Å². The molecule has 1 aromatic heterocycles. The zero-order valence-corrected chi connectivity index (χ0v) is 13.0. The van der Waals surface area contributed by atoms with Gasteiger partial charge in [0.2, 0.25) is 0 Å². The summed E-state index contributed by atoms with van der Waals surface area (Å²) in [4.78, 5) is 30.3. The number of pyridine rings is 1. The van der Waals surface area contributed by atoms with Gasteiger partial charge in [-0.2, -0.15) is 0 Å². The summed E-state index contributed by atoms with van der Waals surface area (Å²) in [6.07, 6.45) is 3.25. The van der Waals surface area contributed by atoms with E-state index in [4.69, 9.17) is 0 Å². The molecule has 1 saturated heterocycles. The number of piperazine rings is 1. The van der Waals surface area contributed by atoms with Crippen molar-refractivity contribution in [1.82, 2.24) is 9.88 Å². The molecule has 1 N–H and O–H groups in total. The Labute approximate surface area is 138 Å². The number of aromatic nitrogens is 1. The van der Waals surface area contributed by atoms with Crippen LogP contribution in [-0.2, 0) is 0 Å². The van der Waals surface area contributed by atoms with Crippen molar-refractivity contribution in [2.24, 2.45) is 0 Å². The van der Waals surface area contributed by atoms with Crippen LogP contribution in [0.2, 0.25) is 0 Å². The van der Waals surface area contributed by atoms with Gasteiger partial charge in [-0.1, -0.05) is 0 Å². The molecule has 8 nitrogen and oxygen atoms in total.